The molecule has 0 spiro atoms. The smallest absolute Gasteiger partial charge is 0.0473 e. The number of hydrogen-bond acceptors (Lipinski definition) is 1. The molecule has 0 aromatic heterocycles. The minimum absolute atomic E-state index is 0.356. The molecule has 0 saturated carbocycles. The molecule has 1 radical (unpaired) electrons. The van der Waals surface area contributed by atoms with Crippen LogP contribution in [0, 0.1) is 5.75 Å². The van der Waals surface area contributed by atoms with E-state index in [0.29, 0.717) is 5.38 Å². The van der Waals surface area contributed by atoms with Gasteiger partial charge < -0.3 is 0 Å². The molecule has 1 fully saturated rings. The first-order valence-electron chi connectivity index (χ1n) is 1.98. The molecule has 1 aliphatic rings. The predicted octanol–water partition coefficient (Wildman–Crippen LogP) is 1.89. The van der Waals surface area contributed by atoms with Gasteiger partial charge in [0, 0.05) is 11.1 Å². The molecule has 6 heavy (non-hydrogen) atoms. The molecule has 1 rings (SSSR count). The lowest BCUT2D eigenvalue weighted by molar-refractivity contribution is 1.00. The van der Waals surface area contributed by atoms with Crippen molar-refractivity contribution in [3.8, 4) is 0 Å². The van der Waals surface area contributed by atoms with Gasteiger partial charge >= 0.3 is 0 Å². The van der Waals surface area contributed by atoms with E-state index in [2.05, 4.69) is 5.75 Å². The fraction of sp³-hybridized carbons (Fsp3) is 0.750. The van der Waals surface area contributed by atoms with Gasteiger partial charge in [-0.05, 0) is 12.2 Å². The third kappa shape index (κ3) is 1.05. The summed E-state index contributed by atoms with van der Waals surface area (Å²) >= 11 is 7.46. The van der Waals surface area contributed by atoms with Crippen molar-refractivity contribution in [1.82, 2.24) is 0 Å². The average molecular weight is 122 g/mol. The molecule has 0 bridgehead atoms. The highest BCUT2D eigenvalue weighted by atomic mass is 35.5. The van der Waals surface area contributed by atoms with Crippen LogP contribution in [0.5, 0.6) is 0 Å². The molecule has 0 aliphatic carbocycles. The topological polar surface area (TPSA) is 0 Å². The maximum absolute atomic E-state index is 5.64. The molecule has 2 heteroatoms. The molecule has 0 aromatic rings. The van der Waals surface area contributed by atoms with E-state index in [0.717, 1.165) is 6.42 Å². The van der Waals surface area contributed by atoms with E-state index < -0.39 is 0 Å². The SMILES string of the molecule is ClC1[CH]SCC1. The van der Waals surface area contributed by atoms with Gasteiger partial charge in [0.1, 0.15) is 0 Å². The van der Waals surface area contributed by atoms with Gasteiger partial charge in [-0.2, -0.15) is 11.8 Å². The largest absolute Gasteiger partial charge is 0.156 e. The molecular formula is C4H6ClS. The molecule has 0 amide bonds. The lowest BCUT2D eigenvalue weighted by Gasteiger charge is -1.86. The third-order valence-electron chi connectivity index (χ3n) is 0.755. The van der Waals surface area contributed by atoms with Gasteiger partial charge in [0.25, 0.3) is 0 Å². The summed E-state index contributed by atoms with van der Waals surface area (Å²) in [7, 11) is 0. The zero-order valence-electron chi connectivity index (χ0n) is 3.36. The molecule has 1 aliphatic heterocycles. The zero-order valence-corrected chi connectivity index (χ0v) is 4.93. The number of halogens is 1. The summed E-state index contributed by atoms with van der Waals surface area (Å²) in [5.74, 6) is 3.30. The van der Waals surface area contributed by atoms with Crippen LogP contribution in [0.15, 0.2) is 0 Å². The Hall–Kier alpha value is 0.640. The Morgan fingerprint density at radius 2 is 2.67 bits per heavy atom. The van der Waals surface area contributed by atoms with Gasteiger partial charge in [-0.25, -0.2) is 0 Å². The zero-order chi connectivity index (χ0) is 4.41. The van der Waals surface area contributed by atoms with Gasteiger partial charge in [-0.1, -0.05) is 0 Å². The number of thioether (sulfide) groups is 1. The van der Waals surface area contributed by atoms with Crippen LogP contribution in [0.3, 0.4) is 0 Å². The number of hydrogen-bond donors (Lipinski definition) is 0. The summed E-state index contributed by atoms with van der Waals surface area (Å²) in [6, 6.07) is 0. The monoisotopic (exact) mass is 121 g/mol. The van der Waals surface area contributed by atoms with Crippen LogP contribution in [0.1, 0.15) is 6.42 Å². The Kier molecular flexibility index (Phi) is 1.66. The predicted molar refractivity (Wildman–Crippen MR) is 31.0 cm³/mol. The van der Waals surface area contributed by atoms with E-state index in [9.17, 15) is 0 Å². The van der Waals surface area contributed by atoms with Crippen molar-refractivity contribution in [2.24, 2.45) is 0 Å². The molecule has 35 valence electrons. The van der Waals surface area contributed by atoms with Crippen LogP contribution in [-0.4, -0.2) is 11.1 Å². The van der Waals surface area contributed by atoms with Crippen molar-refractivity contribution >= 4 is 23.4 Å². The Balaban J connectivity index is 2.18. The van der Waals surface area contributed by atoms with Crippen LogP contribution in [-0.2, 0) is 0 Å². The van der Waals surface area contributed by atoms with E-state index >= 15 is 0 Å². The highest BCUT2D eigenvalue weighted by Gasteiger charge is 2.10. The van der Waals surface area contributed by atoms with E-state index in [1.807, 2.05) is 11.8 Å². The highest BCUT2D eigenvalue weighted by Crippen LogP contribution is 2.25. The maximum atomic E-state index is 5.64. The number of alkyl halides is 1. The summed E-state index contributed by atoms with van der Waals surface area (Å²) < 4.78 is 0. The first-order chi connectivity index (χ1) is 2.89. The molecule has 0 nitrogen and oxygen atoms in total. The summed E-state index contributed by atoms with van der Waals surface area (Å²) in [6.45, 7) is 0. The minimum atomic E-state index is 0.356. The lowest BCUT2D eigenvalue weighted by Crippen LogP contribution is -1.85. The lowest BCUT2D eigenvalue weighted by atomic mass is 10.4. The maximum Gasteiger partial charge on any atom is 0.0473 e. The fourth-order valence-corrected chi connectivity index (χ4v) is 1.75. The molecule has 0 N–H and O–H groups in total. The van der Waals surface area contributed by atoms with Crippen molar-refractivity contribution in [3.63, 3.8) is 0 Å². The fourth-order valence-electron chi connectivity index (χ4n) is 0.421. The molecule has 0 aromatic carbocycles. The van der Waals surface area contributed by atoms with Crippen LogP contribution < -0.4 is 0 Å². The second kappa shape index (κ2) is 2.08. The average Bonchev–Trinajstić information content (AvgIpc) is 1.86. The van der Waals surface area contributed by atoms with E-state index in [-0.39, 0.29) is 0 Å². The summed E-state index contributed by atoms with van der Waals surface area (Å²) in [5.41, 5.74) is 0. The third-order valence-corrected chi connectivity index (χ3v) is 2.24. The normalized spacial score (nSPS) is 34.5. The first-order valence-corrected chi connectivity index (χ1v) is 3.47. The highest BCUT2D eigenvalue weighted by molar-refractivity contribution is 8.01. The van der Waals surface area contributed by atoms with Crippen molar-refractivity contribution in [2.45, 2.75) is 11.8 Å². The number of rotatable bonds is 0. The van der Waals surface area contributed by atoms with Gasteiger partial charge in [0.05, 0.1) is 0 Å². The van der Waals surface area contributed by atoms with Crippen molar-refractivity contribution < 1.29 is 0 Å². The van der Waals surface area contributed by atoms with Gasteiger partial charge in [0.2, 0.25) is 0 Å². The quantitative estimate of drug-likeness (QED) is 0.441. The summed E-state index contributed by atoms with van der Waals surface area (Å²) in [4.78, 5) is 0. The second-order valence-corrected chi connectivity index (χ2v) is 2.89. The minimum Gasteiger partial charge on any atom is -0.156 e. The van der Waals surface area contributed by atoms with E-state index in [1.54, 1.807) is 0 Å². The standard InChI is InChI=1S/C4H6ClS/c5-4-1-2-6-3-4/h3-4H,1-2H2. The van der Waals surface area contributed by atoms with Crippen molar-refractivity contribution in [2.75, 3.05) is 5.75 Å². The summed E-state index contributed by atoms with van der Waals surface area (Å²) in [5, 5.41) is 0.356. The molecule has 1 unspecified atom stereocenters. The molecule has 1 saturated heterocycles. The Morgan fingerprint density at radius 1 is 1.83 bits per heavy atom. The Morgan fingerprint density at radius 3 is 2.83 bits per heavy atom. The Labute approximate surface area is 47.3 Å². The van der Waals surface area contributed by atoms with Crippen LogP contribution in [0.4, 0.5) is 0 Å². The van der Waals surface area contributed by atoms with Crippen molar-refractivity contribution in [1.29, 1.82) is 0 Å². The van der Waals surface area contributed by atoms with Crippen molar-refractivity contribution in [3.05, 3.63) is 5.75 Å². The second-order valence-electron chi connectivity index (χ2n) is 1.31. The van der Waals surface area contributed by atoms with Crippen LogP contribution >= 0.6 is 23.4 Å². The molecule has 1 atom stereocenters. The van der Waals surface area contributed by atoms with Crippen LogP contribution in [0.25, 0.3) is 0 Å². The Bertz CT molecular complexity index is 40.8. The van der Waals surface area contributed by atoms with Crippen LogP contribution in [0.2, 0.25) is 0 Å². The van der Waals surface area contributed by atoms with Gasteiger partial charge in [-0.15, -0.1) is 11.6 Å². The van der Waals surface area contributed by atoms with E-state index in [4.69, 9.17) is 11.6 Å². The molecule has 1 heterocycles. The van der Waals surface area contributed by atoms with E-state index in [1.165, 1.54) is 5.75 Å². The van der Waals surface area contributed by atoms with Gasteiger partial charge in [-0.3, -0.25) is 0 Å². The summed E-state index contributed by atoms with van der Waals surface area (Å²) in [6.07, 6.45) is 1.16. The molecular weight excluding hydrogens is 116 g/mol. The van der Waals surface area contributed by atoms with Gasteiger partial charge in [0.15, 0.2) is 0 Å². The first kappa shape index (κ1) is 4.79.